The van der Waals surface area contributed by atoms with Gasteiger partial charge in [0.2, 0.25) is 0 Å². The van der Waals surface area contributed by atoms with E-state index in [2.05, 4.69) is 0 Å². The molecule has 1 aromatic rings. The standard InChI is InChI=1S/C7H7Cl.C2H6S/c1-6-4-2-3-5-7(6)8;1-3-2/h2-5H,1H3;1-2H3. The van der Waals surface area contributed by atoms with Gasteiger partial charge >= 0.3 is 0 Å². The first-order valence-corrected chi connectivity index (χ1v) is 5.34. The van der Waals surface area contributed by atoms with Crippen molar-refractivity contribution in [2.45, 2.75) is 6.92 Å². The van der Waals surface area contributed by atoms with Gasteiger partial charge in [0, 0.05) is 5.02 Å². The van der Waals surface area contributed by atoms with Gasteiger partial charge in [0.1, 0.15) is 0 Å². The SMILES string of the molecule is CSC.Cc1ccccc1Cl. The summed E-state index contributed by atoms with van der Waals surface area (Å²) in [5.41, 5.74) is 1.13. The predicted molar refractivity (Wildman–Crippen MR) is 55.6 cm³/mol. The van der Waals surface area contributed by atoms with Gasteiger partial charge in [-0.05, 0) is 31.1 Å². The van der Waals surface area contributed by atoms with Crippen molar-refractivity contribution in [3.05, 3.63) is 34.9 Å². The second kappa shape index (κ2) is 6.56. The van der Waals surface area contributed by atoms with E-state index < -0.39 is 0 Å². The second-order valence-corrected chi connectivity index (χ2v) is 3.38. The molecule has 0 spiro atoms. The van der Waals surface area contributed by atoms with Crippen LogP contribution in [0, 0.1) is 6.92 Å². The van der Waals surface area contributed by atoms with Crippen LogP contribution in [-0.4, -0.2) is 12.5 Å². The van der Waals surface area contributed by atoms with Crippen molar-refractivity contribution in [1.29, 1.82) is 0 Å². The minimum Gasteiger partial charge on any atom is -0.169 e. The van der Waals surface area contributed by atoms with E-state index in [1.807, 2.05) is 43.7 Å². The highest BCUT2D eigenvalue weighted by molar-refractivity contribution is 7.97. The molecule has 0 aliphatic rings. The number of aryl methyl sites for hydroxylation is 1. The predicted octanol–water partition coefficient (Wildman–Crippen LogP) is 3.63. The van der Waals surface area contributed by atoms with Gasteiger partial charge in [0.05, 0.1) is 0 Å². The molecule has 2 heteroatoms. The highest BCUT2D eigenvalue weighted by atomic mass is 35.5. The van der Waals surface area contributed by atoms with E-state index in [9.17, 15) is 0 Å². The molecule has 0 saturated heterocycles. The number of halogens is 1. The van der Waals surface area contributed by atoms with Gasteiger partial charge in [-0.15, -0.1) is 0 Å². The van der Waals surface area contributed by atoms with Crippen molar-refractivity contribution < 1.29 is 0 Å². The molecule has 0 unspecified atom stereocenters. The fourth-order valence-corrected chi connectivity index (χ4v) is 0.687. The quantitative estimate of drug-likeness (QED) is 0.599. The molecule has 0 amide bonds. The van der Waals surface area contributed by atoms with Crippen LogP contribution in [-0.2, 0) is 0 Å². The van der Waals surface area contributed by atoms with Crippen LogP contribution in [0.15, 0.2) is 24.3 Å². The van der Waals surface area contributed by atoms with Crippen molar-refractivity contribution in [3.8, 4) is 0 Å². The summed E-state index contributed by atoms with van der Waals surface area (Å²) >= 11 is 7.46. The normalized spacial score (nSPS) is 8.36. The molecule has 0 nitrogen and oxygen atoms in total. The maximum Gasteiger partial charge on any atom is 0.0435 e. The largest absolute Gasteiger partial charge is 0.169 e. The van der Waals surface area contributed by atoms with Crippen LogP contribution in [0.4, 0.5) is 0 Å². The lowest BCUT2D eigenvalue weighted by molar-refractivity contribution is 1.47. The minimum absolute atomic E-state index is 0.840. The van der Waals surface area contributed by atoms with Crippen LogP contribution in [0.5, 0.6) is 0 Å². The molecule has 0 aliphatic carbocycles. The summed E-state index contributed by atoms with van der Waals surface area (Å²) in [7, 11) is 0. The Kier molecular flexibility index (Phi) is 6.48. The average Bonchev–Trinajstić information content (AvgIpc) is 1.97. The Morgan fingerprint density at radius 1 is 1.18 bits per heavy atom. The molecular weight excluding hydrogens is 176 g/mol. The second-order valence-electron chi connectivity index (χ2n) is 2.16. The highest BCUT2D eigenvalue weighted by Crippen LogP contribution is 2.11. The first-order valence-electron chi connectivity index (χ1n) is 3.33. The molecule has 0 radical (unpaired) electrons. The Morgan fingerprint density at radius 2 is 1.64 bits per heavy atom. The molecule has 0 saturated carbocycles. The van der Waals surface area contributed by atoms with Crippen molar-refractivity contribution in [1.82, 2.24) is 0 Å². The van der Waals surface area contributed by atoms with Gasteiger partial charge in [-0.25, -0.2) is 0 Å². The van der Waals surface area contributed by atoms with E-state index in [4.69, 9.17) is 11.6 Å². The zero-order chi connectivity index (χ0) is 8.69. The molecule has 0 aliphatic heterocycles. The first kappa shape index (κ1) is 10.9. The molecular formula is C9H13ClS. The van der Waals surface area contributed by atoms with Crippen molar-refractivity contribution in [2.24, 2.45) is 0 Å². The molecule has 0 fully saturated rings. The van der Waals surface area contributed by atoms with Gasteiger partial charge in [0.15, 0.2) is 0 Å². The third-order valence-corrected chi connectivity index (χ3v) is 1.50. The molecule has 0 atom stereocenters. The Morgan fingerprint density at radius 3 is 1.91 bits per heavy atom. The van der Waals surface area contributed by atoms with Crippen LogP contribution in [0.2, 0.25) is 5.02 Å². The van der Waals surface area contributed by atoms with Crippen molar-refractivity contribution in [3.63, 3.8) is 0 Å². The summed E-state index contributed by atoms with van der Waals surface area (Å²) in [6.45, 7) is 1.99. The van der Waals surface area contributed by atoms with Gasteiger partial charge in [-0.2, -0.15) is 11.8 Å². The molecule has 0 bridgehead atoms. The average molecular weight is 189 g/mol. The lowest BCUT2D eigenvalue weighted by Gasteiger charge is -1.90. The third-order valence-electron chi connectivity index (χ3n) is 1.08. The van der Waals surface area contributed by atoms with Gasteiger partial charge in [-0.1, -0.05) is 29.8 Å². The van der Waals surface area contributed by atoms with E-state index in [-0.39, 0.29) is 0 Å². The molecule has 0 N–H and O–H groups in total. The zero-order valence-electron chi connectivity index (χ0n) is 7.10. The van der Waals surface area contributed by atoms with E-state index in [0.717, 1.165) is 10.6 Å². The number of hydrogen-bond acceptors (Lipinski definition) is 1. The molecule has 62 valence electrons. The van der Waals surface area contributed by atoms with Gasteiger partial charge < -0.3 is 0 Å². The number of thioether (sulfide) groups is 1. The molecule has 0 heterocycles. The monoisotopic (exact) mass is 188 g/mol. The zero-order valence-corrected chi connectivity index (χ0v) is 8.67. The van der Waals surface area contributed by atoms with E-state index >= 15 is 0 Å². The topological polar surface area (TPSA) is 0 Å². The van der Waals surface area contributed by atoms with Gasteiger partial charge in [0.25, 0.3) is 0 Å². The van der Waals surface area contributed by atoms with Crippen LogP contribution < -0.4 is 0 Å². The summed E-state index contributed by atoms with van der Waals surface area (Å²) in [6, 6.07) is 7.77. The summed E-state index contributed by atoms with van der Waals surface area (Å²) in [5.74, 6) is 0. The number of benzene rings is 1. The fourth-order valence-electron chi connectivity index (χ4n) is 0.551. The lowest BCUT2D eigenvalue weighted by atomic mass is 10.2. The summed E-state index contributed by atoms with van der Waals surface area (Å²) in [6.07, 6.45) is 4.08. The Balaban J connectivity index is 0.000000292. The molecule has 11 heavy (non-hydrogen) atoms. The highest BCUT2D eigenvalue weighted by Gasteiger charge is 1.86. The fraction of sp³-hybridized carbons (Fsp3) is 0.333. The summed E-state index contributed by atoms with van der Waals surface area (Å²) < 4.78 is 0. The van der Waals surface area contributed by atoms with E-state index in [1.54, 1.807) is 11.8 Å². The smallest absolute Gasteiger partial charge is 0.0435 e. The maximum atomic E-state index is 5.71. The van der Waals surface area contributed by atoms with Crippen molar-refractivity contribution >= 4 is 23.4 Å². The van der Waals surface area contributed by atoms with Crippen LogP contribution in [0.3, 0.4) is 0 Å². The van der Waals surface area contributed by atoms with Crippen LogP contribution in [0.25, 0.3) is 0 Å². The number of hydrogen-bond donors (Lipinski definition) is 0. The summed E-state index contributed by atoms with van der Waals surface area (Å²) in [5, 5.41) is 0.840. The van der Waals surface area contributed by atoms with Gasteiger partial charge in [-0.3, -0.25) is 0 Å². The molecule has 1 rings (SSSR count). The van der Waals surface area contributed by atoms with Crippen LogP contribution in [0.1, 0.15) is 5.56 Å². The van der Waals surface area contributed by atoms with E-state index in [0.29, 0.717) is 0 Å². The van der Waals surface area contributed by atoms with E-state index in [1.165, 1.54) is 0 Å². The Bertz CT molecular complexity index is 178. The molecule has 0 aromatic heterocycles. The van der Waals surface area contributed by atoms with Crippen LogP contribution >= 0.6 is 23.4 Å². The molecule has 1 aromatic carbocycles. The Labute approximate surface area is 78.0 Å². The third kappa shape index (κ3) is 5.16. The Hall–Kier alpha value is -0.140. The first-order chi connectivity index (χ1) is 5.22. The minimum atomic E-state index is 0.840. The van der Waals surface area contributed by atoms with Crippen molar-refractivity contribution in [2.75, 3.05) is 12.5 Å². The maximum absolute atomic E-state index is 5.71. The summed E-state index contributed by atoms with van der Waals surface area (Å²) in [4.78, 5) is 0. The lowest BCUT2D eigenvalue weighted by Crippen LogP contribution is -1.68. The number of rotatable bonds is 0.